The number of nitrogens with one attached hydrogen (secondary N) is 2. The summed E-state index contributed by atoms with van der Waals surface area (Å²) >= 11 is 0. The van der Waals surface area contributed by atoms with E-state index in [1.165, 1.54) is 18.2 Å². The maximum Gasteiger partial charge on any atom is 0.411 e. The molecule has 3 aromatic rings. The second kappa shape index (κ2) is 8.67. The predicted octanol–water partition coefficient (Wildman–Crippen LogP) is 3.28. The predicted molar refractivity (Wildman–Crippen MR) is 107 cm³/mol. The molecule has 0 spiro atoms. The van der Waals surface area contributed by atoms with Crippen LogP contribution in [-0.2, 0) is 14.8 Å². The number of hydrogen-bond donors (Lipinski definition) is 2. The number of ether oxygens (including phenoxy) is 1. The second-order valence-corrected chi connectivity index (χ2v) is 7.71. The maximum atomic E-state index is 12.2. The quantitative estimate of drug-likeness (QED) is 0.346. The first-order valence-electron chi connectivity index (χ1n) is 8.52. The lowest BCUT2D eigenvalue weighted by atomic mass is 10.1. The number of non-ortho nitro benzene ring substituents is 1. The Bertz CT molecular complexity index is 1160. The fraction of sp³-hybridized carbons (Fsp3) is 0.105. The van der Waals surface area contributed by atoms with Gasteiger partial charge in [0.1, 0.15) is 6.61 Å². The van der Waals surface area contributed by atoms with Crippen LogP contribution < -0.4 is 10.0 Å². The molecule has 10 heteroatoms. The third-order valence-electron chi connectivity index (χ3n) is 3.99. The van der Waals surface area contributed by atoms with Gasteiger partial charge in [0.25, 0.3) is 5.69 Å². The van der Waals surface area contributed by atoms with E-state index in [-0.39, 0.29) is 23.7 Å². The van der Waals surface area contributed by atoms with E-state index in [1.807, 2.05) is 30.3 Å². The number of carbonyl (C=O) groups excluding carboxylic acids is 1. The van der Waals surface area contributed by atoms with Crippen LogP contribution in [0.4, 0.5) is 16.2 Å². The van der Waals surface area contributed by atoms with E-state index in [0.717, 1.165) is 16.8 Å². The molecule has 0 saturated carbocycles. The van der Waals surface area contributed by atoms with Crippen molar-refractivity contribution in [1.29, 1.82) is 0 Å². The molecule has 0 aliphatic rings. The van der Waals surface area contributed by atoms with Gasteiger partial charge in [0, 0.05) is 24.1 Å². The Morgan fingerprint density at radius 1 is 1.03 bits per heavy atom. The lowest BCUT2D eigenvalue weighted by molar-refractivity contribution is -0.385. The zero-order chi connectivity index (χ0) is 20.9. The lowest BCUT2D eigenvalue weighted by Crippen LogP contribution is -2.29. The molecule has 9 nitrogen and oxygen atoms in total. The summed E-state index contributed by atoms with van der Waals surface area (Å²) in [5, 5.41) is 15.2. The molecule has 0 aliphatic heterocycles. The largest absolute Gasteiger partial charge is 0.448 e. The minimum absolute atomic E-state index is 0.187. The van der Waals surface area contributed by atoms with E-state index in [4.69, 9.17) is 4.74 Å². The van der Waals surface area contributed by atoms with Crippen LogP contribution in [0, 0.1) is 10.1 Å². The number of anilines is 1. The Labute approximate surface area is 166 Å². The van der Waals surface area contributed by atoms with Crippen molar-refractivity contribution in [3.63, 3.8) is 0 Å². The smallest absolute Gasteiger partial charge is 0.411 e. The third kappa shape index (κ3) is 5.06. The van der Waals surface area contributed by atoms with Crippen LogP contribution in [0.15, 0.2) is 71.6 Å². The van der Waals surface area contributed by atoms with Gasteiger partial charge in [-0.25, -0.2) is 17.9 Å². The first-order chi connectivity index (χ1) is 13.9. The molecule has 3 aromatic carbocycles. The van der Waals surface area contributed by atoms with Crippen LogP contribution in [0.3, 0.4) is 0 Å². The first-order valence-corrected chi connectivity index (χ1v) is 10.0. The van der Waals surface area contributed by atoms with E-state index in [1.54, 1.807) is 12.1 Å². The van der Waals surface area contributed by atoms with Crippen LogP contribution in [0.1, 0.15) is 0 Å². The van der Waals surface area contributed by atoms with Gasteiger partial charge in [-0.3, -0.25) is 15.4 Å². The van der Waals surface area contributed by atoms with Gasteiger partial charge in [-0.1, -0.05) is 42.5 Å². The maximum absolute atomic E-state index is 12.2. The van der Waals surface area contributed by atoms with Crippen LogP contribution in [0.2, 0.25) is 0 Å². The standard InChI is InChI=1S/C19H17N3O6S/c23-19(21-18-10-3-6-14-5-1-2-9-17(14)18)28-12-11-20-29(26,27)16-8-4-7-15(13-16)22(24)25/h1-10,13,20H,11-12H2,(H,21,23). The molecule has 0 aromatic heterocycles. The van der Waals surface area contributed by atoms with Crippen molar-refractivity contribution in [1.82, 2.24) is 4.72 Å². The fourth-order valence-electron chi connectivity index (χ4n) is 2.65. The highest BCUT2D eigenvalue weighted by Crippen LogP contribution is 2.23. The van der Waals surface area contributed by atoms with Crippen molar-refractivity contribution in [2.45, 2.75) is 4.90 Å². The normalized spacial score (nSPS) is 11.2. The molecular formula is C19H17N3O6S. The van der Waals surface area contributed by atoms with Crippen molar-refractivity contribution in [2.75, 3.05) is 18.5 Å². The van der Waals surface area contributed by atoms with Gasteiger partial charge in [0.15, 0.2) is 0 Å². The molecule has 2 N–H and O–H groups in total. The van der Waals surface area contributed by atoms with Gasteiger partial charge < -0.3 is 4.74 Å². The molecule has 29 heavy (non-hydrogen) atoms. The Kier molecular flexibility index (Phi) is 6.05. The Balaban J connectivity index is 1.54. The van der Waals surface area contributed by atoms with Crippen LogP contribution >= 0.6 is 0 Å². The van der Waals surface area contributed by atoms with Crippen molar-refractivity contribution >= 4 is 38.3 Å². The molecule has 0 heterocycles. The molecular weight excluding hydrogens is 398 g/mol. The summed E-state index contributed by atoms with van der Waals surface area (Å²) in [5.74, 6) is 0. The van der Waals surface area contributed by atoms with E-state index in [0.29, 0.717) is 5.69 Å². The molecule has 0 unspecified atom stereocenters. The summed E-state index contributed by atoms with van der Waals surface area (Å²) in [6.07, 6.45) is -0.726. The van der Waals surface area contributed by atoms with Crippen molar-refractivity contribution in [3.8, 4) is 0 Å². The van der Waals surface area contributed by atoms with Crippen LogP contribution in [0.25, 0.3) is 10.8 Å². The number of carbonyl (C=O) groups is 1. The number of hydrogen-bond acceptors (Lipinski definition) is 6. The summed E-state index contributed by atoms with van der Waals surface area (Å²) in [5.41, 5.74) is 0.240. The third-order valence-corrected chi connectivity index (χ3v) is 5.45. The van der Waals surface area contributed by atoms with Crippen LogP contribution in [-0.4, -0.2) is 32.6 Å². The molecule has 0 bridgehead atoms. The summed E-state index contributed by atoms with van der Waals surface area (Å²) in [7, 11) is -3.97. The molecule has 0 atom stereocenters. The Hall–Kier alpha value is -3.50. The second-order valence-electron chi connectivity index (χ2n) is 5.94. The highest BCUT2D eigenvalue weighted by Gasteiger charge is 2.17. The zero-order valence-corrected chi connectivity index (χ0v) is 15.9. The SMILES string of the molecule is O=C(Nc1cccc2ccccc12)OCCNS(=O)(=O)c1cccc([N+](=O)[O-])c1. The number of nitro groups is 1. The topological polar surface area (TPSA) is 128 Å². The summed E-state index contributed by atoms with van der Waals surface area (Å²) in [6, 6.07) is 17.6. The van der Waals surface area contributed by atoms with E-state index < -0.39 is 21.0 Å². The van der Waals surface area contributed by atoms with E-state index in [2.05, 4.69) is 10.0 Å². The molecule has 0 saturated heterocycles. The molecule has 0 fully saturated rings. The monoisotopic (exact) mass is 415 g/mol. The van der Waals surface area contributed by atoms with Gasteiger partial charge >= 0.3 is 6.09 Å². The first kappa shape index (κ1) is 20.2. The highest BCUT2D eigenvalue weighted by atomic mass is 32.2. The van der Waals surface area contributed by atoms with Crippen molar-refractivity contribution in [2.24, 2.45) is 0 Å². The summed E-state index contributed by atoms with van der Waals surface area (Å²) in [6.45, 7) is -0.404. The van der Waals surface area contributed by atoms with Gasteiger partial charge in [0.05, 0.1) is 15.5 Å². The number of amides is 1. The van der Waals surface area contributed by atoms with Gasteiger partial charge in [-0.2, -0.15) is 0 Å². The number of sulfonamides is 1. The van der Waals surface area contributed by atoms with Gasteiger partial charge in [-0.15, -0.1) is 0 Å². The van der Waals surface area contributed by atoms with Crippen molar-refractivity contribution < 1.29 is 22.9 Å². The molecule has 150 valence electrons. The minimum Gasteiger partial charge on any atom is -0.448 e. The van der Waals surface area contributed by atoms with Crippen LogP contribution in [0.5, 0.6) is 0 Å². The highest BCUT2D eigenvalue weighted by molar-refractivity contribution is 7.89. The molecule has 0 radical (unpaired) electrons. The number of fused-ring (bicyclic) bond motifs is 1. The summed E-state index contributed by atoms with van der Waals surface area (Å²) in [4.78, 5) is 21.8. The molecule has 3 rings (SSSR count). The number of nitrogens with zero attached hydrogens (tertiary/aromatic N) is 1. The van der Waals surface area contributed by atoms with E-state index >= 15 is 0 Å². The lowest BCUT2D eigenvalue weighted by Gasteiger charge is -2.10. The number of nitro benzene ring substituents is 1. The van der Waals surface area contributed by atoms with Gasteiger partial charge in [-0.05, 0) is 17.5 Å². The Morgan fingerprint density at radius 2 is 1.76 bits per heavy atom. The number of rotatable bonds is 7. The van der Waals surface area contributed by atoms with Gasteiger partial charge in [0.2, 0.25) is 10.0 Å². The molecule has 0 aliphatic carbocycles. The zero-order valence-electron chi connectivity index (χ0n) is 15.1. The minimum atomic E-state index is -3.97. The van der Waals surface area contributed by atoms with Crippen molar-refractivity contribution in [3.05, 3.63) is 76.8 Å². The Morgan fingerprint density at radius 3 is 2.55 bits per heavy atom. The average molecular weight is 415 g/mol. The summed E-state index contributed by atoms with van der Waals surface area (Å²) < 4.78 is 31.6. The van der Waals surface area contributed by atoms with E-state index in [9.17, 15) is 23.3 Å². The average Bonchev–Trinajstić information content (AvgIpc) is 2.71. The fourth-order valence-corrected chi connectivity index (χ4v) is 3.70. The molecule has 1 amide bonds. The number of benzene rings is 3.